The highest BCUT2D eigenvalue weighted by atomic mass is 16.5. The lowest BCUT2D eigenvalue weighted by Crippen LogP contribution is -2.41. The molecular formula is C35H38N4O7. The normalized spacial score (nSPS) is 23.6. The number of benzene rings is 2. The number of aromatic nitrogens is 2. The van der Waals surface area contributed by atoms with E-state index in [0.717, 1.165) is 22.4 Å². The van der Waals surface area contributed by atoms with E-state index < -0.39 is 29.7 Å². The van der Waals surface area contributed by atoms with Gasteiger partial charge in [0.1, 0.15) is 35.3 Å². The number of hydrogen-bond acceptors (Lipinski definition) is 10. The van der Waals surface area contributed by atoms with Gasteiger partial charge in [0, 0.05) is 30.7 Å². The van der Waals surface area contributed by atoms with Gasteiger partial charge >= 0.3 is 0 Å². The summed E-state index contributed by atoms with van der Waals surface area (Å²) in [6.45, 7) is 7.76. The lowest BCUT2D eigenvalue weighted by molar-refractivity contribution is -0.135. The molecule has 0 saturated heterocycles. The second kappa shape index (κ2) is 11.4. The molecule has 0 radical (unpaired) electrons. The molecule has 5 heterocycles. The number of ether oxygens (including phenoxy) is 2. The number of carbonyl (C=O) groups is 2. The fourth-order valence-corrected chi connectivity index (χ4v) is 6.93. The summed E-state index contributed by atoms with van der Waals surface area (Å²) in [6.07, 6.45) is -0.0170. The zero-order valence-corrected chi connectivity index (χ0v) is 26.5. The fourth-order valence-electron chi connectivity index (χ4n) is 6.93. The molecule has 7 rings (SSSR count). The Morgan fingerprint density at radius 2 is 1.91 bits per heavy atom. The van der Waals surface area contributed by atoms with E-state index in [9.17, 15) is 14.7 Å². The minimum Gasteiger partial charge on any atom is -0.469 e. The van der Waals surface area contributed by atoms with E-state index >= 15 is 0 Å². The molecule has 1 unspecified atom stereocenters. The molecule has 2 aromatic heterocycles. The van der Waals surface area contributed by atoms with Gasteiger partial charge in [0.25, 0.3) is 0 Å². The van der Waals surface area contributed by atoms with E-state index in [4.69, 9.17) is 23.3 Å². The van der Waals surface area contributed by atoms with Crippen LogP contribution < -0.4 is 15.4 Å². The molecule has 46 heavy (non-hydrogen) atoms. The second-order valence-corrected chi connectivity index (χ2v) is 13.1. The van der Waals surface area contributed by atoms with Crippen molar-refractivity contribution in [2.75, 3.05) is 12.4 Å². The second-order valence-electron chi connectivity index (χ2n) is 13.1. The average molecular weight is 627 g/mol. The average Bonchev–Trinajstić information content (AvgIpc) is 3.79. The van der Waals surface area contributed by atoms with Crippen LogP contribution in [0.4, 0.5) is 5.69 Å². The maximum absolute atomic E-state index is 14.0. The van der Waals surface area contributed by atoms with Crippen molar-refractivity contribution in [1.29, 1.82) is 0 Å². The SMILES string of the molecule is COCc1coc(-c2nc3oc2C24c5ccccc5N[C@H]2Oc2ccc(cc24)C[C@H](CC(=O)[C@@H](O)C(C)C)C(=O)N[C@H]3C(C)C)n1. The number of Topliss-reactive ketones (excluding diaryl/α,β-unsaturated/α-hetero) is 1. The Morgan fingerprint density at radius 3 is 2.67 bits per heavy atom. The topological polar surface area (TPSA) is 149 Å². The highest BCUT2D eigenvalue weighted by Crippen LogP contribution is 2.59. The summed E-state index contributed by atoms with van der Waals surface area (Å²) in [7, 11) is 1.59. The number of aliphatic hydroxyl groups is 1. The number of rotatable bonds is 8. The van der Waals surface area contributed by atoms with Crippen LogP contribution >= 0.6 is 0 Å². The van der Waals surface area contributed by atoms with Gasteiger partial charge in [-0.25, -0.2) is 9.97 Å². The number of ketones is 1. The van der Waals surface area contributed by atoms with Crippen LogP contribution in [0.15, 0.2) is 57.6 Å². The van der Waals surface area contributed by atoms with E-state index in [1.807, 2.05) is 56.3 Å². The molecule has 4 aromatic rings. The van der Waals surface area contributed by atoms with Crippen molar-refractivity contribution in [1.82, 2.24) is 15.3 Å². The van der Waals surface area contributed by atoms with Crippen LogP contribution in [0.3, 0.4) is 0 Å². The summed E-state index contributed by atoms with van der Waals surface area (Å²) in [5.41, 5.74) is 3.54. The number of nitrogens with one attached hydrogen (secondary N) is 2. The first-order chi connectivity index (χ1) is 22.1. The number of oxazole rings is 2. The third-order valence-electron chi connectivity index (χ3n) is 9.29. The summed E-state index contributed by atoms with van der Waals surface area (Å²) in [5.74, 6) is -0.124. The van der Waals surface area contributed by atoms with Gasteiger partial charge < -0.3 is 34.0 Å². The lowest BCUT2D eigenvalue weighted by Gasteiger charge is -2.28. The van der Waals surface area contributed by atoms with Crippen molar-refractivity contribution in [3.05, 3.63) is 82.8 Å². The smallest absolute Gasteiger partial charge is 0.249 e. The van der Waals surface area contributed by atoms with Gasteiger partial charge in [-0.1, -0.05) is 58.0 Å². The summed E-state index contributed by atoms with van der Waals surface area (Å²) in [4.78, 5) is 36.8. The first-order valence-electron chi connectivity index (χ1n) is 15.7. The number of para-hydroxylation sites is 1. The minimum atomic E-state index is -1.16. The quantitative estimate of drug-likeness (QED) is 0.246. The molecule has 11 nitrogen and oxygen atoms in total. The summed E-state index contributed by atoms with van der Waals surface area (Å²) in [6, 6.07) is 13.2. The van der Waals surface area contributed by atoms with Gasteiger partial charge in [-0.05, 0) is 41.5 Å². The Labute approximate surface area is 266 Å². The Morgan fingerprint density at radius 1 is 1.11 bits per heavy atom. The maximum atomic E-state index is 14.0. The summed E-state index contributed by atoms with van der Waals surface area (Å²) >= 11 is 0. The number of methoxy groups -OCH3 is 1. The number of fused-ring (bicyclic) bond motifs is 4. The molecule has 0 aliphatic carbocycles. The highest BCUT2D eigenvalue weighted by Gasteiger charge is 2.61. The van der Waals surface area contributed by atoms with Crippen molar-refractivity contribution < 1.29 is 33.0 Å². The third-order valence-corrected chi connectivity index (χ3v) is 9.29. The van der Waals surface area contributed by atoms with Crippen molar-refractivity contribution >= 4 is 17.4 Å². The Balaban J connectivity index is 1.47. The Kier molecular flexibility index (Phi) is 7.48. The van der Waals surface area contributed by atoms with Gasteiger partial charge in [0.2, 0.25) is 17.7 Å². The number of carbonyl (C=O) groups excluding carboxylic acids is 2. The summed E-state index contributed by atoms with van der Waals surface area (Å²) in [5, 5.41) is 17.3. The zero-order valence-electron chi connectivity index (χ0n) is 26.5. The van der Waals surface area contributed by atoms with Gasteiger partial charge in [0.05, 0.1) is 6.61 Å². The lowest BCUT2D eigenvalue weighted by atomic mass is 9.72. The van der Waals surface area contributed by atoms with Crippen molar-refractivity contribution in [3.8, 4) is 17.3 Å². The molecule has 0 saturated carbocycles. The van der Waals surface area contributed by atoms with Gasteiger partial charge in [0.15, 0.2) is 23.5 Å². The van der Waals surface area contributed by atoms with E-state index in [1.54, 1.807) is 21.0 Å². The Bertz CT molecular complexity index is 1810. The molecule has 5 atom stereocenters. The van der Waals surface area contributed by atoms with Crippen LogP contribution in [0.25, 0.3) is 11.6 Å². The van der Waals surface area contributed by atoms with Gasteiger partial charge in [-0.2, -0.15) is 0 Å². The highest BCUT2D eigenvalue weighted by molar-refractivity contribution is 5.89. The molecular weight excluding hydrogens is 588 g/mol. The predicted octanol–water partition coefficient (Wildman–Crippen LogP) is 4.92. The first-order valence-corrected chi connectivity index (χ1v) is 15.7. The standard InChI is InChI=1S/C35H38N4O7/c1-17(2)27-33-39-28(32-36-21(15-43-5)16-44-32)30(46-33)35-22-8-6-7-9-24(22)37-34(35)45-26-11-10-19(13-23(26)35)12-20(31(42)38-27)14-25(40)29(41)18(3)4/h6-11,13,16-18,20,27,29,34,37,41H,12,14-15H2,1-5H3,(H,38,42)/t20-,27+,29+,34+,35?/m1/s1. The van der Waals surface area contributed by atoms with E-state index in [0.29, 0.717) is 22.9 Å². The van der Waals surface area contributed by atoms with Gasteiger partial charge in [-0.3, -0.25) is 9.59 Å². The maximum Gasteiger partial charge on any atom is 0.249 e. The van der Waals surface area contributed by atoms with Crippen LogP contribution in [0.1, 0.15) is 74.2 Å². The van der Waals surface area contributed by atoms with Crippen LogP contribution in [0.2, 0.25) is 0 Å². The van der Waals surface area contributed by atoms with E-state index in [2.05, 4.69) is 15.6 Å². The molecule has 2 aromatic carbocycles. The molecule has 11 heteroatoms. The predicted molar refractivity (Wildman–Crippen MR) is 167 cm³/mol. The molecule has 0 fully saturated rings. The molecule has 4 bridgehead atoms. The van der Waals surface area contributed by atoms with Crippen LogP contribution in [0, 0.1) is 17.8 Å². The van der Waals surface area contributed by atoms with Crippen LogP contribution in [0.5, 0.6) is 5.75 Å². The molecule has 1 spiro atoms. The molecule has 3 aliphatic rings. The van der Waals surface area contributed by atoms with Crippen LogP contribution in [-0.2, 0) is 32.8 Å². The molecule has 1 amide bonds. The largest absolute Gasteiger partial charge is 0.469 e. The minimum absolute atomic E-state index is 0.109. The number of aliphatic hydroxyl groups excluding tert-OH is 1. The number of nitrogens with zero attached hydrogens (tertiary/aromatic N) is 2. The molecule has 3 aliphatic heterocycles. The Hall–Kier alpha value is -4.48. The number of anilines is 1. The van der Waals surface area contributed by atoms with Gasteiger partial charge in [-0.15, -0.1) is 0 Å². The zero-order chi connectivity index (χ0) is 32.3. The monoisotopic (exact) mass is 626 g/mol. The fraction of sp³-hybridized carbons (Fsp3) is 0.429. The first kappa shape index (κ1) is 30.2. The number of hydrogen-bond donors (Lipinski definition) is 3. The number of amides is 1. The molecule has 3 N–H and O–H groups in total. The third kappa shape index (κ3) is 4.72. The summed E-state index contributed by atoms with van der Waals surface area (Å²) < 4.78 is 24.7. The van der Waals surface area contributed by atoms with Crippen LogP contribution in [-0.4, -0.2) is 46.2 Å². The van der Waals surface area contributed by atoms with Crippen molar-refractivity contribution in [2.45, 2.75) is 70.9 Å². The van der Waals surface area contributed by atoms with E-state index in [1.165, 1.54) is 6.26 Å². The van der Waals surface area contributed by atoms with Crippen molar-refractivity contribution in [3.63, 3.8) is 0 Å². The molecule has 240 valence electrons. The van der Waals surface area contributed by atoms with E-state index in [-0.39, 0.29) is 54.8 Å². The van der Waals surface area contributed by atoms with Crippen molar-refractivity contribution in [2.24, 2.45) is 17.8 Å².